The second-order valence-corrected chi connectivity index (χ2v) is 6.73. The fraction of sp³-hybridized carbons (Fsp3) is 0.200. The minimum Gasteiger partial charge on any atom is -0.457 e. The van der Waals surface area contributed by atoms with E-state index in [2.05, 4.69) is 4.72 Å². The number of sulfonamides is 1. The van der Waals surface area contributed by atoms with Crippen LogP contribution in [0, 0.1) is 0 Å². The lowest BCUT2D eigenvalue weighted by atomic mass is 10.3. The van der Waals surface area contributed by atoms with Crippen molar-refractivity contribution in [3.8, 4) is 11.5 Å². The van der Waals surface area contributed by atoms with E-state index in [9.17, 15) is 8.42 Å². The summed E-state index contributed by atoms with van der Waals surface area (Å²) in [5.74, 6) is 1.36. The van der Waals surface area contributed by atoms with Gasteiger partial charge in [-0.05, 0) is 43.3 Å². The largest absolute Gasteiger partial charge is 0.457 e. The van der Waals surface area contributed by atoms with Gasteiger partial charge < -0.3 is 10.5 Å². The SMILES string of the molecule is CC(CN)S(=O)(=O)Nc1ccc(Oc2ccccc2)cc1. The Morgan fingerprint density at radius 2 is 1.62 bits per heavy atom. The smallest absolute Gasteiger partial charge is 0.236 e. The Morgan fingerprint density at radius 1 is 1.05 bits per heavy atom. The number of nitrogens with two attached hydrogens (primary N) is 1. The molecular weight excluding hydrogens is 288 g/mol. The Hall–Kier alpha value is -2.05. The molecule has 2 rings (SSSR count). The molecule has 112 valence electrons. The van der Waals surface area contributed by atoms with Crippen LogP contribution >= 0.6 is 0 Å². The maximum absolute atomic E-state index is 11.9. The van der Waals surface area contributed by atoms with Gasteiger partial charge in [0.25, 0.3) is 0 Å². The van der Waals surface area contributed by atoms with Crippen molar-refractivity contribution in [2.45, 2.75) is 12.2 Å². The minimum atomic E-state index is -3.45. The standard InChI is InChI=1S/C15H18N2O3S/c1-12(11-16)21(18,19)17-13-7-9-15(10-8-13)20-14-5-3-2-4-6-14/h2-10,12,17H,11,16H2,1H3. The Labute approximate surface area is 124 Å². The van der Waals surface area contributed by atoms with Gasteiger partial charge in [0, 0.05) is 12.2 Å². The topological polar surface area (TPSA) is 81.4 Å². The quantitative estimate of drug-likeness (QED) is 0.859. The highest BCUT2D eigenvalue weighted by Crippen LogP contribution is 2.23. The number of benzene rings is 2. The Kier molecular flexibility index (Phi) is 4.82. The normalized spacial score (nSPS) is 12.7. The molecule has 0 bridgehead atoms. The predicted octanol–water partition coefficient (Wildman–Crippen LogP) is 2.57. The number of hydrogen-bond acceptors (Lipinski definition) is 4. The summed E-state index contributed by atoms with van der Waals surface area (Å²) in [7, 11) is -3.45. The number of anilines is 1. The van der Waals surface area contributed by atoms with E-state index in [1.54, 1.807) is 31.2 Å². The second-order valence-electron chi connectivity index (χ2n) is 4.63. The lowest BCUT2D eigenvalue weighted by molar-refractivity contribution is 0.483. The number of hydrogen-bond donors (Lipinski definition) is 2. The minimum absolute atomic E-state index is 0.0739. The van der Waals surface area contributed by atoms with Gasteiger partial charge in [-0.1, -0.05) is 18.2 Å². The van der Waals surface area contributed by atoms with E-state index in [1.807, 2.05) is 30.3 Å². The maximum atomic E-state index is 11.9. The van der Waals surface area contributed by atoms with E-state index in [0.717, 1.165) is 5.75 Å². The van der Waals surface area contributed by atoms with Crippen molar-refractivity contribution in [1.82, 2.24) is 0 Å². The lowest BCUT2D eigenvalue weighted by Crippen LogP contribution is -2.31. The van der Waals surface area contributed by atoms with Crippen LogP contribution in [0.15, 0.2) is 54.6 Å². The molecule has 0 radical (unpaired) electrons. The summed E-state index contributed by atoms with van der Waals surface area (Å²) in [5, 5.41) is -0.641. The van der Waals surface area contributed by atoms with Crippen LogP contribution in [0.25, 0.3) is 0 Å². The fourth-order valence-electron chi connectivity index (χ4n) is 1.61. The molecule has 5 nitrogen and oxygen atoms in total. The van der Waals surface area contributed by atoms with E-state index in [1.165, 1.54) is 0 Å². The molecule has 6 heteroatoms. The van der Waals surface area contributed by atoms with Gasteiger partial charge in [-0.25, -0.2) is 8.42 Å². The highest BCUT2D eigenvalue weighted by molar-refractivity contribution is 7.93. The third-order valence-electron chi connectivity index (χ3n) is 2.95. The summed E-state index contributed by atoms with van der Waals surface area (Å²) in [6.07, 6.45) is 0. The highest BCUT2D eigenvalue weighted by Gasteiger charge is 2.18. The zero-order chi connectivity index (χ0) is 15.3. The number of para-hydroxylation sites is 1. The van der Waals surface area contributed by atoms with Crippen molar-refractivity contribution in [3.05, 3.63) is 54.6 Å². The average Bonchev–Trinajstić information content (AvgIpc) is 2.49. The van der Waals surface area contributed by atoms with Crippen LogP contribution in [0.3, 0.4) is 0 Å². The van der Waals surface area contributed by atoms with Crippen molar-refractivity contribution >= 4 is 15.7 Å². The maximum Gasteiger partial charge on any atom is 0.236 e. The molecule has 2 aromatic rings. The summed E-state index contributed by atoms with van der Waals surface area (Å²) in [6, 6.07) is 16.1. The van der Waals surface area contributed by atoms with Crippen molar-refractivity contribution in [2.75, 3.05) is 11.3 Å². The van der Waals surface area contributed by atoms with Crippen LogP contribution in [-0.4, -0.2) is 20.2 Å². The van der Waals surface area contributed by atoms with Crippen LogP contribution in [0.1, 0.15) is 6.92 Å². The molecule has 0 saturated carbocycles. The molecule has 1 unspecified atom stereocenters. The Morgan fingerprint density at radius 3 is 2.19 bits per heavy atom. The van der Waals surface area contributed by atoms with Gasteiger partial charge in [0.05, 0.1) is 5.25 Å². The predicted molar refractivity (Wildman–Crippen MR) is 84.0 cm³/mol. The van der Waals surface area contributed by atoms with Crippen molar-refractivity contribution in [1.29, 1.82) is 0 Å². The van der Waals surface area contributed by atoms with Crippen molar-refractivity contribution < 1.29 is 13.2 Å². The van der Waals surface area contributed by atoms with Gasteiger partial charge in [-0.2, -0.15) is 0 Å². The summed E-state index contributed by atoms with van der Waals surface area (Å²) >= 11 is 0. The molecule has 0 aliphatic heterocycles. The zero-order valence-electron chi connectivity index (χ0n) is 11.7. The monoisotopic (exact) mass is 306 g/mol. The van der Waals surface area contributed by atoms with Gasteiger partial charge >= 0.3 is 0 Å². The number of rotatable bonds is 6. The van der Waals surface area contributed by atoms with Gasteiger partial charge in [-0.15, -0.1) is 0 Å². The van der Waals surface area contributed by atoms with Crippen molar-refractivity contribution in [2.24, 2.45) is 5.73 Å². The lowest BCUT2D eigenvalue weighted by Gasteiger charge is -2.13. The van der Waals surface area contributed by atoms with E-state index in [4.69, 9.17) is 10.5 Å². The first-order chi connectivity index (χ1) is 10.0. The summed E-state index contributed by atoms with van der Waals surface area (Å²) in [5.41, 5.74) is 5.86. The van der Waals surface area contributed by atoms with Crippen LogP contribution in [-0.2, 0) is 10.0 Å². The highest BCUT2D eigenvalue weighted by atomic mass is 32.2. The van der Waals surface area contributed by atoms with Gasteiger partial charge in [0.2, 0.25) is 10.0 Å². The van der Waals surface area contributed by atoms with Crippen LogP contribution < -0.4 is 15.2 Å². The average molecular weight is 306 g/mol. The fourth-order valence-corrected chi connectivity index (χ4v) is 2.53. The van der Waals surface area contributed by atoms with E-state index < -0.39 is 15.3 Å². The molecule has 2 aromatic carbocycles. The third kappa shape index (κ3) is 4.21. The summed E-state index contributed by atoms with van der Waals surface area (Å²) in [4.78, 5) is 0. The zero-order valence-corrected chi connectivity index (χ0v) is 12.5. The van der Waals surface area contributed by atoms with E-state index in [-0.39, 0.29) is 6.54 Å². The molecule has 0 amide bonds. The Bertz CT molecular complexity index is 670. The van der Waals surface area contributed by atoms with Crippen LogP contribution in [0.4, 0.5) is 5.69 Å². The molecule has 0 aliphatic rings. The van der Waals surface area contributed by atoms with Crippen molar-refractivity contribution in [3.63, 3.8) is 0 Å². The molecule has 3 N–H and O–H groups in total. The molecule has 1 atom stereocenters. The first-order valence-electron chi connectivity index (χ1n) is 6.56. The molecule has 21 heavy (non-hydrogen) atoms. The first-order valence-corrected chi connectivity index (χ1v) is 8.10. The van der Waals surface area contributed by atoms with Gasteiger partial charge in [-0.3, -0.25) is 4.72 Å². The summed E-state index contributed by atoms with van der Waals surface area (Å²) in [6.45, 7) is 1.64. The molecule has 0 spiro atoms. The molecule has 0 aliphatic carbocycles. The third-order valence-corrected chi connectivity index (χ3v) is 4.73. The van der Waals surface area contributed by atoms with Gasteiger partial charge in [0.1, 0.15) is 11.5 Å². The Balaban J connectivity index is 2.06. The molecular formula is C15H18N2O3S. The van der Waals surface area contributed by atoms with E-state index >= 15 is 0 Å². The summed E-state index contributed by atoms with van der Waals surface area (Å²) < 4.78 is 31.9. The second kappa shape index (κ2) is 6.60. The first kappa shape index (κ1) is 15.3. The number of nitrogens with one attached hydrogen (secondary N) is 1. The molecule has 0 saturated heterocycles. The van der Waals surface area contributed by atoms with Crippen LogP contribution in [0.2, 0.25) is 0 Å². The molecule has 0 aromatic heterocycles. The van der Waals surface area contributed by atoms with Crippen LogP contribution in [0.5, 0.6) is 11.5 Å². The van der Waals surface area contributed by atoms with E-state index in [0.29, 0.717) is 11.4 Å². The molecule has 0 heterocycles. The van der Waals surface area contributed by atoms with Gasteiger partial charge in [0.15, 0.2) is 0 Å². The number of ether oxygens (including phenoxy) is 1. The molecule has 0 fully saturated rings.